The average Bonchev–Trinajstić information content (AvgIpc) is 2.87. The fourth-order valence-corrected chi connectivity index (χ4v) is 3.80. The van der Waals surface area contributed by atoms with Crippen molar-refractivity contribution >= 4 is 11.5 Å². The van der Waals surface area contributed by atoms with Crippen LogP contribution in [0.1, 0.15) is 38.7 Å². The molecule has 1 aromatic rings. The van der Waals surface area contributed by atoms with Crippen molar-refractivity contribution in [3.05, 3.63) is 59.2 Å². The Hall–Kier alpha value is -2.36. The van der Waals surface area contributed by atoms with E-state index >= 15 is 4.39 Å². The van der Waals surface area contributed by atoms with Crippen LogP contribution in [-0.4, -0.2) is 21.9 Å². The number of alkyl halides is 1. The van der Waals surface area contributed by atoms with Gasteiger partial charge in [0.15, 0.2) is 5.67 Å². The Bertz CT molecular complexity index is 786. The van der Waals surface area contributed by atoms with Gasteiger partial charge >= 0.3 is 5.97 Å². The molecule has 2 N–H and O–H groups in total. The number of carboxylic acid groups (broad SMARTS) is 1. The molecule has 1 aromatic carbocycles. The van der Waals surface area contributed by atoms with Crippen molar-refractivity contribution in [2.45, 2.75) is 38.8 Å². The van der Waals surface area contributed by atoms with E-state index in [1.807, 2.05) is 19.9 Å². The fourth-order valence-electron chi connectivity index (χ4n) is 3.80. The first-order valence-electron chi connectivity index (χ1n) is 8.08. The molecule has 4 heteroatoms. The lowest BCUT2D eigenvalue weighted by molar-refractivity contribution is -0.133. The van der Waals surface area contributed by atoms with Gasteiger partial charge in [0.1, 0.15) is 5.75 Å². The van der Waals surface area contributed by atoms with Crippen LogP contribution < -0.4 is 0 Å². The molecular formula is C20H21FO3. The Labute approximate surface area is 140 Å². The predicted octanol–water partition coefficient (Wildman–Crippen LogP) is 4.65. The molecule has 3 nitrogen and oxygen atoms in total. The minimum atomic E-state index is -1.88. The van der Waals surface area contributed by atoms with Crippen LogP contribution in [0.5, 0.6) is 5.75 Å². The van der Waals surface area contributed by atoms with Gasteiger partial charge in [0.2, 0.25) is 0 Å². The van der Waals surface area contributed by atoms with Crippen LogP contribution in [0.2, 0.25) is 0 Å². The van der Waals surface area contributed by atoms with Crippen LogP contribution in [0.4, 0.5) is 4.39 Å². The third kappa shape index (κ3) is 2.66. The number of allylic oxidation sites excluding steroid dienone is 5. The van der Waals surface area contributed by atoms with Crippen LogP contribution in [0, 0.1) is 5.41 Å². The van der Waals surface area contributed by atoms with E-state index in [4.69, 9.17) is 0 Å². The van der Waals surface area contributed by atoms with Crippen LogP contribution in [0.25, 0.3) is 5.57 Å². The zero-order chi connectivity index (χ0) is 17.5. The second kappa shape index (κ2) is 5.62. The molecule has 0 saturated carbocycles. The van der Waals surface area contributed by atoms with Gasteiger partial charge in [0.25, 0.3) is 0 Å². The molecule has 0 spiro atoms. The molecule has 2 aliphatic rings. The van der Waals surface area contributed by atoms with E-state index in [0.29, 0.717) is 16.7 Å². The van der Waals surface area contributed by atoms with Gasteiger partial charge in [-0.15, -0.1) is 0 Å². The molecule has 0 fully saturated rings. The van der Waals surface area contributed by atoms with Gasteiger partial charge < -0.3 is 10.2 Å². The molecule has 0 heterocycles. The number of halogens is 1. The maximum Gasteiger partial charge on any atom is 0.331 e. The topological polar surface area (TPSA) is 57.5 Å². The summed E-state index contributed by atoms with van der Waals surface area (Å²) in [5, 5.41) is 19.1. The van der Waals surface area contributed by atoms with Crippen LogP contribution in [0.3, 0.4) is 0 Å². The molecule has 2 aliphatic carbocycles. The molecule has 0 saturated heterocycles. The maximum atomic E-state index is 16.3. The molecule has 126 valence electrons. The number of carboxylic acids is 1. The van der Waals surface area contributed by atoms with Crippen molar-refractivity contribution in [2.75, 3.05) is 0 Å². The molecule has 1 unspecified atom stereocenters. The minimum Gasteiger partial charge on any atom is -0.508 e. The fraction of sp³-hybridized carbons (Fsp3) is 0.350. The van der Waals surface area contributed by atoms with E-state index in [1.165, 1.54) is 24.3 Å². The summed E-state index contributed by atoms with van der Waals surface area (Å²) in [5.74, 6) is -1.04. The first kappa shape index (κ1) is 16.5. The standard InChI is InChI=1S/C20H21FO3/c1-19(2)10-4-7-17(19)20(21)12-14(18(23)24)8-9-16(20)13-5-3-6-15(22)11-13/h3,5-9,11,22H,4,10,12H2,1-2H3,(H,23,24). The van der Waals surface area contributed by atoms with E-state index in [1.54, 1.807) is 12.1 Å². The van der Waals surface area contributed by atoms with Gasteiger partial charge in [-0.2, -0.15) is 0 Å². The van der Waals surface area contributed by atoms with Gasteiger partial charge in [-0.3, -0.25) is 0 Å². The van der Waals surface area contributed by atoms with Crippen LogP contribution in [0.15, 0.2) is 53.6 Å². The molecular weight excluding hydrogens is 307 g/mol. The quantitative estimate of drug-likeness (QED) is 0.794. The highest BCUT2D eigenvalue weighted by Gasteiger charge is 2.48. The van der Waals surface area contributed by atoms with Crippen LogP contribution in [-0.2, 0) is 4.79 Å². The van der Waals surface area contributed by atoms with Crippen molar-refractivity contribution in [1.82, 2.24) is 0 Å². The highest BCUT2D eigenvalue weighted by molar-refractivity contribution is 5.92. The summed E-state index contributed by atoms with van der Waals surface area (Å²) in [5.41, 5.74) is -0.533. The lowest BCUT2D eigenvalue weighted by Crippen LogP contribution is -2.36. The van der Waals surface area contributed by atoms with Crippen LogP contribution >= 0.6 is 0 Å². The number of hydrogen-bond donors (Lipinski definition) is 2. The first-order valence-corrected chi connectivity index (χ1v) is 8.08. The number of phenolic OH excluding ortho intramolecular Hbond substituents is 1. The van der Waals surface area contributed by atoms with Gasteiger partial charge in [-0.25, -0.2) is 9.18 Å². The summed E-state index contributed by atoms with van der Waals surface area (Å²) in [6.45, 7) is 3.98. The lowest BCUT2D eigenvalue weighted by atomic mass is 9.69. The maximum absolute atomic E-state index is 16.3. The van der Waals surface area contributed by atoms with Crippen molar-refractivity contribution in [3.8, 4) is 5.75 Å². The summed E-state index contributed by atoms with van der Waals surface area (Å²) in [7, 11) is 0. The minimum absolute atomic E-state index is 0.0587. The number of rotatable bonds is 3. The highest BCUT2D eigenvalue weighted by atomic mass is 19.1. The van der Waals surface area contributed by atoms with Gasteiger partial charge in [0, 0.05) is 17.6 Å². The monoisotopic (exact) mass is 328 g/mol. The third-order valence-corrected chi connectivity index (χ3v) is 5.02. The Morgan fingerprint density at radius 2 is 2.00 bits per heavy atom. The van der Waals surface area contributed by atoms with Crippen molar-refractivity contribution in [3.63, 3.8) is 0 Å². The molecule has 24 heavy (non-hydrogen) atoms. The molecule has 1 atom stereocenters. The summed E-state index contributed by atoms with van der Waals surface area (Å²) in [6, 6.07) is 6.45. The molecule has 0 radical (unpaired) electrons. The van der Waals surface area contributed by atoms with E-state index < -0.39 is 11.6 Å². The summed E-state index contributed by atoms with van der Waals surface area (Å²) in [6.07, 6.45) is 6.33. The summed E-state index contributed by atoms with van der Waals surface area (Å²) in [4.78, 5) is 11.4. The normalized spacial score (nSPS) is 25.7. The number of benzene rings is 1. The zero-order valence-corrected chi connectivity index (χ0v) is 13.8. The zero-order valence-electron chi connectivity index (χ0n) is 13.8. The number of aromatic hydroxyl groups is 1. The van der Waals surface area contributed by atoms with Crippen molar-refractivity contribution < 1.29 is 19.4 Å². The third-order valence-electron chi connectivity index (χ3n) is 5.02. The Kier molecular flexibility index (Phi) is 3.86. The molecule has 0 aliphatic heterocycles. The number of carbonyl (C=O) groups is 1. The SMILES string of the molecule is CC1(C)CCC=C1C1(F)CC(C(=O)O)=CC=C1c1cccc(O)c1. The largest absolute Gasteiger partial charge is 0.508 e. The molecule has 0 amide bonds. The van der Waals surface area contributed by atoms with Crippen molar-refractivity contribution in [2.24, 2.45) is 5.41 Å². The number of aliphatic carboxylic acids is 1. The predicted molar refractivity (Wildman–Crippen MR) is 91.4 cm³/mol. The molecule has 0 bridgehead atoms. The second-order valence-corrected chi connectivity index (χ2v) is 7.15. The molecule has 3 rings (SSSR count). The Morgan fingerprint density at radius 3 is 2.58 bits per heavy atom. The van der Waals surface area contributed by atoms with E-state index in [9.17, 15) is 15.0 Å². The second-order valence-electron chi connectivity index (χ2n) is 7.15. The van der Waals surface area contributed by atoms with E-state index in [2.05, 4.69) is 0 Å². The average molecular weight is 328 g/mol. The first-order chi connectivity index (χ1) is 11.2. The smallest absolute Gasteiger partial charge is 0.331 e. The highest BCUT2D eigenvalue weighted by Crippen LogP contribution is 2.54. The van der Waals surface area contributed by atoms with Gasteiger partial charge in [-0.1, -0.05) is 44.2 Å². The summed E-state index contributed by atoms with van der Waals surface area (Å²) >= 11 is 0. The molecule has 0 aromatic heterocycles. The van der Waals surface area contributed by atoms with E-state index in [0.717, 1.165) is 12.8 Å². The number of hydrogen-bond acceptors (Lipinski definition) is 2. The van der Waals surface area contributed by atoms with Crippen molar-refractivity contribution in [1.29, 1.82) is 0 Å². The summed E-state index contributed by atoms with van der Waals surface area (Å²) < 4.78 is 16.3. The van der Waals surface area contributed by atoms with Gasteiger partial charge in [-0.05, 0) is 41.5 Å². The number of phenols is 1. The lowest BCUT2D eigenvalue weighted by Gasteiger charge is -2.38. The van der Waals surface area contributed by atoms with E-state index in [-0.39, 0.29) is 23.2 Å². The Morgan fingerprint density at radius 1 is 1.25 bits per heavy atom. The Balaban J connectivity index is 2.16. The van der Waals surface area contributed by atoms with Gasteiger partial charge in [0.05, 0.1) is 0 Å².